The standard InChI is InChI=1S/C15H12N4O/c20-15(11-6-2-1-3-7-11)19-16-10-14-17-12-8-4-5-9-13(12)18-14/h1-10H,(H,17,18)(H,19,20)/b16-10+. The number of hydrogen-bond donors (Lipinski definition) is 2. The van der Waals surface area contributed by atoms with Gasteiger partial charge in [0.1, 0.15) is 0 Å². The van der Waals surface area contributed by atoms with Crippen LogP contribution in [0.5, 0.6) is 0 Å². The number of carbonyl (C=O) groups is 1. The first-order valence-electron chi connectivity index (χ1n) is 6.16. The summed E-state index contributed by atoms with van der Waals surface area (Å²) in [6.45, 7) is 0. The molecule has 0 aliphatic carbocycles. The van der Waals surface area contributed by atoms with E-state index in [1.165, 1.54) is 6.21 Å². The van der Waals surface area contributed by atoms with Crippen molar-refractivity contribution >= 4 is 23.2 Å². The summed E-state index contributed by atoms with van der Waals surface area (Å²) >= 11 is 0. The van der Waals surface area contributed by atoms with Crippen LogP contribution in [-0.2, 0) is 0 Å². The number of fused-ring (bicyclic) bond motifs is 1. The summed E-state index contributed by atoms with van der Waals surface area (Å²) in [7, 11) is 0. The van der Waals surface area contributed by atoms with Gasteiger partial charge < -0.3 is 4.98 Å². The molecule has 0 radical (unpaired) electrons. The maximum Gasteiger partial charge on any atom is 0.271 e. The molecule has 0 aliphatic rings. The van der Waals surface area contributed by atoms with Crippen molar-refractivity contribution in [3.63, 3.8) is 0 Å². The average Bonchev–Trinajstić information content (AvgIpc) is 2.90. The van der Waals surface area contributed by atoms with Gasteiger partial charge in [-0.3, -0.25) is 4.79 Å². The summed E-state index contributed by atoms with van der Waals surface area (Å²) in [6.07, 6.45) is 1.49. The Labute approximate surface area is 115 Å². The van der Waals surface area contributed by atoms with Gasteiger partial charge in [-0.1, -0.05) is 30.3 Å². The van der Waals surface area contributed by atoms with Gasteiger partial charge in [-0.15, -0.1) is 0 Å². The van der Waals surface area contributed by atoms with Crippen LogP contribution in [0.3, 0.4) is 0 Å². The summed E-state index contributed by atoms with van der Waals surface area (Å²) in [6, 6.07) is 16.6. The first kappa shape index (κ1) is 12.1. The minimum atomic E-state index is -0.252. The molecule has 1 aromatic heterocycles. The maximum atomic E-state index is 11.8. The quantitative estimate of drug-likeness (QED) is 0.563. The van der Waals surface area contributed by atoms with Gasteiger partial charge in [0.15, 0.2) is 5.82 Å². The van der Waals surface area contributed by atoms with Crippen molar-refractivity contribution in [3.05, 3.63) is 66.0 Å². The number of aromatic amines is 1. The minimum absolute atomic E-state index is 0.252. The van der Waals surface area contributed by atoms with Crippen LogP contribution < -0.4 is 5.43 Å². The van der Waals surface area contributed by atoms with Crippen LogP contribution in [0, 0.1) is 0 Å². The fraction of sp³-hybridized carbons (Fsp3) is 0. The van der Waals surface area contributed by atoms with E-state index in [9.17, 15) is 4.79 Å². The van der Waals surface area contributed by atoms with Gasteiger partial charge in [-0.25, -0.2) is 10.4 Å². The lowest BCUT2D eigenvalue weighted by Gasteiger charge is -1.97. The van der Waals surface area contributed by atoms with Gasteiger partial charge in [0, 0.05) is 5.56 Å². The number of nitrogens with one attached hydrogen (secondary N) is 2. The molecule has 1 heterocycles. The second-order valence-corrected chi connectivity index (χ2v) is 4.20. The summed E-state index contributed by atoms with van der Waals surface area (Å²) in [4.78, 5) is 19.2. The smallest absolute Gasteiger partial charge is 0.271 e. The number of carbonyl (C=O) groups excluding carboxylic acids is 1. The van der Waals surface area contributed by atoms with Crippen LogP contribution in [-0.4, -0.2) is 22.1 Å². The molecule has 0 aliphatic heterocycles. The molecule has 1 amide bonds. The zero-order valence-corrected chi connectivity index (χ0v) is 10.6. The van der Waals surface area contributed by atoms with Crippen LogP contribution in [0.25, 0.3) is 11.0 Å². The molecular formula is C15H12N4O. The Morgan fingerprint density at radius 2 is 1.85 bits per heavy atom. The summed E-state index contributed by atoms with van der Waals surface area (Å²) in [5.74, 6) is 0.345. The van der Waals surface area contributed by atoms with Gasteiger partial charge in [0.25, 0.3) is 5.91 Å². The third-order valence-electron chi connectivity index (χ3n) is 2.80. The molecule has 98 valence electrons. The monoisotopic (exact) mass is 264 g/mol. The zero-order chi connectivity index (χ0) is 13.8. The Kier molecular flexibility index (Phi) is 3.24. The molecule has 0 fully saturated rings. The highest BCUT2D eigenvalue weighted by Crippen LogP contribution is 2.08. The molecule has 0 saturated carbocycles. The Hall–Kier alpha value is -2.95. The normalized spacial score (nSPS) is 11.0. The molecule has 3 aromatic rings. The minimum Gasteiger partial charge on any atom is -0.337 e. The van der Waals surface area contributed by atoms with Crippen LogP contribution in [0.15, 0.2) is 59.7 Å². The van der Waals surface area contributed by atoms with Crippen molar-refractivity contribution in [2.45, 2.75) is 0 Å². The fourth-order valence-electron chi connectivity index (χ4n) is 1.84. The molecule has 3 rings (SSSR count). The van der Waals surface area contributed by atoms with Crippen molar-refractivity contribution in [2.75, 3.05) is 0 Å². The average molecular weight is 264 g/mol. The number of H-pyrrole nitrogens is 1. The first-order chi connectivity index (χ1) is 9.83. The topological polar surface area (TPSA) is 70.1 Å². The van der Waals surface area contributed by atoms with E-state index >= 15 is 0 Å². The third-order valence-corrected chi connectivity index (χ3v) is 2.80. The van der Waals surface area contributed by atoms with E-state index in [1.807, 2.05) is 30.3 Å². The van der Waals surface area contributed by atoms with E-state index in [0.717, 1.165) is 11.0 Å². The predicted molar refractivity (Wildman–Crippen MR) is 77.6 cm³/mol. The van der Waals surface area contributed by atoms with E-state index in [1.54, 1.807) is 24.3 Å². The second-order valence-electron chi connectivity index (χ2n) is 4.20. The van der Waals surface area contributed by atoms with E-state index in [2.05, 4.69) is 20.5 Å². The Balaban J connectivity index is 1.70. The number of amides is 1. The van der Waals surface area contributed by atoms with Crippen LogP contribution in [0.1, 0.15) is 16.2 Å². The van der Waals surface area contributed by atoms with E-state index in [0.29, 0.717) is 11.4 Å². The van der Waals surface area contributed by atoms with Crippen molar-refractivity contribution < 1.29 is 4.79 Å². The van der Waals surface area contributed by atoms with Gasteiger partial charge in [0.05, 0.1) is 17.2 Å². The number of nitrogens with zero attached hydrogens (tertiary/aromatic N) is 2. The van der Waals surface area contributed by atoms with Crippen molar-refractivity contribution in [3.8, 4) is 0 Å². The summed E-state index contributed by atoms with van der Waals surface area (Å²) in [5, 5.41) is 3.89. The number of rotatable bonds is 3. The molecule has 0 saturated heterocycles. The van der Waals surface area contributed by atoms with E-state index in [4.69, 9.17) is 0 Å². The largest absolute Gasteiger partial charge is 0.337 e. The van der Waals surface area contributed by atoms with Gasteiger partial charge in [-0.05, 0) is 24.3 Å². The maximum absolute atomic E-state index is 11.8. The van der Waals surface area contributed by atoms with Crippen LogP contribution in [0.2, 0.25) is 0 Å². The van der Waals surface area contributed by atoms with Crippen LogP contribution >= 0.6 is 0 Å². The lowest BCUT2D eigenvalue weighted by atomic mass is 10.2. The highest BCUT2D eigenvalue weighted by molar-refractivity contribution is 5.94. The van der Waals surface area contributed by atoms with Crippen molar-refractivity contribution in [2.24, 2.45) is 5.10 Å². The molecule has 0 unspecified atom stereocenters. The molecular weight excluding hydrogens is 252 g/mol. The highest BCUT2D eigenvalue weighted by atomic mass is 16.2. The Bertz CT molecular complexity index is 729. The first-order valence-corrected chi connectivity index (χ1v) is 6.16. The third kappa shape index (κ3) is 2.56. The van der Waals surface area contributed by atoms with E-state index in [-0.39, 0.29) is 5.91 Å². The van der Waals surface area contributed by atoms with Gasteiger partial charge >= 0.3 is 0 Å². The molecule has 0 spiro atoms. The fourth-order valence-corrected chi connectivity index (χ4v) is 1.84. The SMILES string of the molecule is O=C(N/N=C/c1nc2ccccc2[nH]1)c1ccccc1. The predicted octanol–water partition coefficient (Wildman–Crippen LogP) is 2.33. The molecule has 0 atom stereocenters. The van der Waals surface area contributed by atoms with Gasteiger partial charge in [-0.2, -0.15) is 5.10 Å². The molecule has 20 heavy (non-hydrogen) atoms. The van der Waals surface area contributed by atoms with Crippen LogP contribution in [0.4, 0.5) is 0 Å². The number of para-hydroxylation sites is 2. The second kappa shape index (κ2) is 5.36. The number of aromatic nitrogens is 2. The lowest BCUT2D eigenvalue weighted by Crippen LogP contribution is -2.17. The highest BCUT2D eigenvalue weighted by Gasteiger charge is 2.02. The van der Waals surface area contributed by atoms with Gasteiger partial charge in [0.2, 0.25) is 0 Å². The molecule has 5 nitrogen and oxygen atoms in total. The molecule has 5 heteroatoms. The number of hydrogen-bond acceptors (Lipinski definition) is 3. The lowest BCUT2D eigenvalue weighted by molar-refractivity contribution is 0.0955. The number of imidazole rings is 1. The number of benzene rings is 2. The molecule has 0 bridgehead atoms. The molecule has 2 N–H and O–H groups in total. The zero-order valence-electron chi connectivity index (χ0n) is 10.6. The number of hydrazone groups is 1. The summed E-state index contributed by atoms with van der Waals surface area (Å²) in [5.41, 5.74) is 4.82. The van der Waals surface area contributed by atoms with E-state index < -0.39 is 0 Å². The Morgan fingerprint density at radius 1 is 1.10 bits per heavy atom. The van der Waals surface area contributed by atoms with Crippen molar-refractivity contribution in [1.82, 2.24) is 15.4 Å². The van der Waals surface area contributed by atoms with Crippen molar-refractivity contribution in [1.29, 1.82) is 0 Å². The molecule has 2 aromatic carbocycles. The summed E-state index contributed by atoms with van der Waals surface area (Å²) < 4.78 is 0. The Morgan fingerprint density at radius 3 is 2.65 bits per heavy atom.